The molecule has 1 heterocycles. The van der Waals surface area contributed by atoms with Gasteiger partial charge in [0.2, 0.25) is 16.9 Å². The number of rotatable bonds is 7. The summed E-state index contributed by atoms with van der Waals surface area (Å²) in [5.74, 6) is -1.78. The second-order valence-electron chi connectivity index (χ2n) is 4.65. The van der Waals surface area contributed by atoms with Gasteiger partial charge in [-0.25, -0.2) is 4.79 Å². The van der Waals surface area contributed by atoms with Gasteiger partial charge >= 0.3 is 5.97 Å². The molecule has 3 N–H and O–H groups in total. The summed E-state index contributed by atoms with van der Waals surface area (Å²) >= 11 is 2.59. The van der Waals surface area contributed by atoms with Gasteiger partial charge < -0.3 is 10.4 Å². The van der Waals surface area contributed by atoms with Gasteiger partial charge in [0, 0.05) is 22.7 Å². The predicted octanol–water partition coefficient (Wildman–Crippen LogP) is 2.16. The number of nitrogens with one attached hydrogen (secondary N) is 2. The van der Waals surface area contributed by atoms with Crippen LogP contribution >= 0.6 is 23.1 Å². The van der Waals surface area contributed by atoms with E-state index >= 15 is 0 Å². The molecule has 8 nitrogen and oxygen atoms in total. The molecule has 130 valence electrons. The van der Waals surface area contributed by atoms with Crippen molar-refractivity contribution in [2.75, 3.05) is 16.4 Å². The van der Waals surface area contributed by atoms with Gasteiger partial charge in [-0.1, -0.05) is 17.4 Å². The Morgan fingerprint density at radius 3 is 2.72 bits per heavy atom. The lowest BCUT2D eigenvalue weighted by Gasteiger charge is -2.05. The maximum atomic E-state index is 11.9. The average molecular weight is 378 g/mol. The van der Waals surface area contributed by atoms with Crippen molar-refractivity contribution in [2.45, 2.75) is 11.8 Å². The van der Waals surface area contributed by atoms with Crippen LogP contribution in [0.3, 0.4) is 0 Å². The van der Waals surface area contributed by atoms with Crippen molar-refractivity contribution in [3.63, 3.8) is 0 Å². The Labute approximate surface area is 151 Å². The first kappa shape index (κ1) is 18.6. The fourth-order valence-corrected chi connectivity index (χ4v) is 3.01. The summed E-state index contributed by atoms with van der Waals surface area (Å²) < 4.78 is 0. The van der Waals surface area contributed by atoms with Crippen LogP contribution in [0.4, 0.5) is 10.8 Å². The molecule has 0 atom stereocenters. The average Bonchev–Trinajstić information content (AvgIpc) is 2.96. The van der Waals surface area contributed by atoms with Gasteiger partial charge in [0.05, 0.1) is 5.75 Å². The van der Waals surface area contributed by atoms with Crippen LogP contribution in [0.1, 0.15) is 5.01 Å². The first-order chi connectivity index (χ1) is 11.9. The molecular formula is C15H14N4O4S2. The number of carboxylic acids is 1. The van der Waals surface area contributed by atoms with E-state index in [0.29, 0.717) is 10.8 Å². The molecule has 10 heteroatoms. The number of anilines is 2. The lowest BCUT2D eigenvalue weighted by atomic mass is 10.3. The number of aromatic nitrogens is 2. The highest BCUT2D eigenvalue weighted by molar-refractivity contribution is 8.00. The smallest absolute Gasteiger partial charge is 0.328 e. The van der Waals surface area contributed by atoms with E-state index in [0.717, 1.165) is 22.1 Å². The highest BCUT2D eigenvalue weighted by Gasteiger charge is 2.08. The summed E-state index contributed by atoms with van der Waals surface area (Å²) in [6.45, 7) is 1.80. The Hall–Kier alpha value is -2.72. The molecule has 0 fully saturated rings. The summed E-state index contributed by atoms with van der Waals surface area (Å²) in [6, 6.07) is 6.89. The molecule has 0 aliphatic carbocycles. The molecule has 25 heavy (non-hydrogen) atoms. The van der Waals surface area contributed by atoms with Crippen molar-refractivity contribution in [3.05, 3.63) is 41.4 Å². The fraction of sp³-hybridized carbons (Fsp3) is 0.133. The molecular weight excluding hydrogens is 364 g/mol. The lowest BCUT2D eigenvalue weighted by Crippen LogP contribution is -2.13. The SMILES string of the molecule is Cc1nnc(NC(=O)CSc2cccc(NC(=O)/C=C/C(=O)O)c2)s1. The summed E-state index contributed by atoms with van der Waals surface area (Å²) in [4.78, 5) is 34.6. The quantitative estimate of drug-likeness (QED) is 0.498. The molecule has 0 radical (unpaired) electrons. The van der Waals surface area contributed by atoms with Crippen molar-refractivity contribution in [1.29, 1.82) is 0 Å². The van der Waals surface area contributed by atoms with E-state index in [4.69, 9.17) is 5.11 Å². The first-order valence-corrected chi connectivity index (χ1v) is 8.77. The maximum absolute atomic E-state index is 11.9. The Kier molecular flexibility index (Phi) is 6.66. The minimum absolute atomic E-state index is 0.176. The monoisotopic (exact) mass is 378 g/mol. The number of thioether (sulfide) groups is 1. The number of aliphatic carboxylic acids is 1. The van der Waals surface area contributed by atoms with Gasteiger partial charge in [-0.15, -0.1) is 22.0 Å². The molecule has 1 aromatic carbocycles. The topological polar surface area (TPSA) is 121 Å². The Bertz CT molecular complexity index is 819. The Morgan fingerprint density at radius 2 is 2.04 bits per heavy atom. The molecule has 2 rings (SSSR count). The van der Waals surface area contributed by atoms with Gasteiger partial charge in [0.25, 0.3) is 0 Å². The van der Waals surface area contributed by atoms with Crippen molar-refractivity contribution in [3.8, 4) is 0 Å². The number of amides is 2. The molecule has 2 aromatic rings. The Morgan fingerprint density at radius 1 is 1.24 bits per heavy atom. The zero-order valence-electron chi connectivity index (χ0n) is 13.1. The molecule has 0 saturated heterocycles. The lowest BCUT2D eigenvalue weighted by molar-refractivity contribution is -0.131. The van der Waals surface area contributed by atoms with Crippen molar-refractivity contribution in [1.82, 2.24) is 10.2 Å². The van der Waals surface area contributed by atoms with E-state index in [1.54, 1.807) is 31.2 Å². The van der Waals surface area contributed by atoms with E-state index in [2.05, 4.69) is 20.8 Å². The van der Waals surface area contributed by atoms with Crippen molar-refractivity contribution < 1.29 is 19.5 Å². The van der Waals surface area contributed by atoms with E-state index in [1.165, 1.54) is 23.1 Å². The van der Waals surface area contributed by atoms with Crippen molar-refractivity contribution in [2.24, 2.45) is 0 Å². The molecule has 0 bridgehead atoms. The van der Waals surface area contributed by atoms with Gasteiger partial charge in [-0.3, -0.25) is 14.9 Å². The number of benzene rings is 1. The van der Waals surface area contributed by atoms with E-state index < -0.39 is 11.9 Å². The summed E-state index contributed by atoms with van der Waals surface area (Å²) in [5, 5.41) is 22.5. The van der Waals surface area contributed by atoms with Crippen LogP contribution in [0.15, 0.2) is 41.3 Å². The van der Waals surface area contributed by atoms with Gasteiger partial charge in [-0.05, 0) is 25.1 Å². The maximum Gasteiger partial charge on any atom is 0.328 e. The Balaban J connectivity index is 1.87. The first-order valence-electron chi connectivity index (χ1n) is 6.97. The highest BCUT2D eigenvalue weighted by Crippen LogP contribution is 2.22. The minimum atomic E-state index is -1.20. The number of carbonyl (C=O) groups is 3. The molecule has 0 saturated carbocycles. The van der Waals surface area contributed by atoms with Crippen LogP contribution in [-0.2, 0) is 14.4 Å². The third-order valence-electron chi connectivity index (χ3n) is 2.62. The van der Waals surface area contributed by atoms with Crippen LogP contribution in [0, 0.1) is 6.92 Å². The van der Waals surface area contributed by atoms with E-state index in [1.807, 2.05) is 0 Å². The fourth-order valence-electron chi connectivity index (χ4n) is 1.65. The predicted molar refractivity (Wildman–Crippen MR) is 95.8 cm³/mol. The molecule has 0 spiro atoms. The zero-order chi connectivity index (χ0) is 18.2. The van der Waals surface area contributed by atoms with Crippen LogP contribution in [-0.4, -0.2) is 38.8 Å². The summed E-state index contributed by atoms with van der Waals surface area (Å²) in [5.41, 5.74) is 0.505. The second-order valence-corrected chi connectivity index (χ2v) is 6.88. The molecule has 0 aliphatic heterocycles. The largest absolute Gasteiger partial charge is 0.478 e. The van der Waals surface area contributed by atoms with Crippen LogP contribution in [0.25, 0.3) is 0 Å². The number of hydrogen-bond donors (Lipinski definition) is 3. The number of carbonyl (C=O) groups excluding carboxylic acids is 2. The third-order valence-corrected chi connectivity index (χ3v) is 4.37. The number of hydrogen-bond acceptors (Lipinski definition) is 7. The molecule has 0 aliphatic rings. The van der Waals surface area contributed by atoms with Gasteiger partial charge in [0.1, 0.15) is 5.01 Å². The molecule has 0 unspecified atom stereocenters. The van der Waals surface area contributed by atoms with E-state index in [-0.39, 0.29) is 11.7 Å². The number of aryl methyl sites for hydroxylation is 1. The summed E-state index contributed by atoms with van der Waals surface area (Å²) in [6.07, 6.45) is 1.69. The standard InChI is InChI=1S/C15H14N4O4S2/c1-9-18-19-15(25-9)17-13(21)8-24-11-4-2-3-10(7-11)16-12(20)5-6-14(22)23/h2-7H,8H2,1H3,(H,16,20)(H,22,23)(H,17,19,21)/b6-5+. The zero-order valence-corrected chi connectivity index (χ0v) is 14.7. The van der Waals surface area contributed by atoms with E-state index in [9.17, 15) is 14.4 Å². The normalized spacial score (nSPS) is 10.6. The third kappa shape index (κ3) is 6.73. The highest BCUT2D eigenvalue weighted by atomic mass is 32.2. The van der Waals surface area contributed by atoms with Gasteiger partial charge in [-0.2, -0.15) is 0 Å². The van der Waals surface area contributed by atoms with Crippen LogP contribution in [0.2, 0.25) is 0 Å². The molecule has 2 amide bonds. The van der Waals surface area contributed by atoms with Crippen LogP contribution in [0.5, 0.6) is 0 Å². The minimum Gasteiger partial charge on any atom is -0.478 e. The molecule has 1 aromatic heterocycles. The van der Waals surface area contributed by atoms with Gasteiger partial charge in [0.15, 0.2) is 0 Å². The number of nitrogens with zero attached hydrogens (tertiary/aromatic N) is 2. The number of carboxylic acid groups (broad SMARTS) is 1. The summed E-state index contributed by atoms with van der Waals surface area (Å²) in [7, 11) is 0. The second kappa shape index (κ2) is 8.94. The van der Waals surface area contributed by atoms with Crippen molar-refractivity contribution >= 4 is 51.7 Å². The van der Waals surface area contributed by atoms with Crippen LogP contribution < -0.4 is 10.6 Å².